The highest BCUT2D eigenvalue weighted by Gasteiger charge is 2.17. The van der Waals surface area contributed by atoms with Gasteiger partial charge in [-0.2, -0.15) is 0 Å². The van der Waals surface area contributed by atoms with Crippen LogP contribution in [0.3, 0.4) is 0 Å². The van der Waals surface area contributed by atoms with Gasteiger partial charge in [0, 0.05) is 17.6 Å². The molecule has 0 aliphatic heterocycles. The first-order valence-electron chi connectivity index (χ1n) is 5.04. The number of hydrogen-bond acceptors (Lipinski definition) is 3. The highest BCUT2D eigenvalue weighted by Crippen LogP contribution is 2.16. The van der Waals surface area contributed by atoms with Crippen molar-refractivity contribution in [3.05, 3.63) is 34.3 Å². The number of carbonyl (C=O) groups is 2. The fourth-order valence-corrected chi connectivity index (χ4v) is 1.53. The first-order chi connectivity index (χ1) is 7.95. The third-order valence-corrected chi connectivity index (χ3v) is 2.61. The summed E-state index contributed by atoms with van der Waals surface area (Å²) in [4.78, 5) is 24.4. The molecule has 0 saturated heterocycles. The monoisotopic (exact) mass is 255 g/mol. The average Bonchev–Trinajstić information content (AvgIpc) is 2.31. The molecule has 0 aromatic heterocycles. The smallest absolute Gasteiger partial charge is 0.325 e. The minimum atomic E-state index is -0.458. The Labute approximate surface area is 105 Å². The van der Waals surface area contributed by atoms with Gasteiger partial charge in [-0.3, -0.25) is 9.59 Å². The summed E-state index contributed by atoms with van der Waals surface area (Å²) >= 11 is 5.84. The Balaban J connectivity index is 2.88. The van der Waals surface area contributed by atoms with Gasteiger partial charge in [0.05, 0.1) is 7.11 Å². The Morgan fingerprint density at radius 3 is 2.65 bits per heavy atom. The van der Waals surface area contributed by atoms with Gasteiger partial charge in [0.1, 0.15) is 6.54 Å². The van der Waals surface area contributed by atoms with Gasteiger partial charge in [0.15, 0.2) is 0 Å². The molecule has 17 heavy (non-hydrogen) atoms. The summed E-state index contributed by atoms with van der Waals surface area (Å²) in [7, 11) is 2.82. The van der Waals surface area contributed by atoms with Crippen LogP contribution in [0.5, 0.6) is 0 Å². The molecule has 0 aliphatic rings. The molecule has 0 saturated carbocycles. The molecule has 1 amide bonds. The third kappa shape index (κ3) is 3.46. The van der Waals surface area contributed by atoms with E-state index in [1.54, 1.807) is 25.2 Å². The number of methoxy groups -OCH3 is 1. The molecule has 0 bridgehead atoms. The van der Waals surface area contributed by atoms with E-state index in [0.717, 1.165) is 5.56 Å². The lowest BCUT2D eigenvalue weighted by atomic mass is 10.1. The van der Waals surface area contributed by atoms with E-state index in [-0.39, 0.29) is 12.5 Å². The van der Waals surface area contributed by atoms with Crippen molar-refractivity contribution in [3.8, 4) is 0 Å². The van der Waals surface area contributed by atoms with Gasteiger partial charge in [0.25, 0.3) is 5.91 Å². The number of rotatable bonds is 3. The summed E-state index contributed by atoms with van der Waals surface area (Å²) in [5.41, 5.74) is 1.31. The molecule has 4 nitrogen and oxygen atoms in total. The minimum Gasteiger partial charge on any atom is -0.468 e. The van der Waals surface area contributed by atoms with Crippen molar-refractivity contribution in [1.29, 1.82) is 0 Å². The van der Waals surface area contributed by atoms with Gasteiger partial charge in [-0.05, 0) is 24.6 Å². The van der Waals surface area contributed by atoms with Crippen LogP contribution in [0.25, 0.3) is 0 Å². The normalized spacial score (nSPS) is 9.88. The molecular weight excluding hydrogens is 242 g/mol. The largest absolute Gasteiger partial charge is 0.468 e. The van der Waals surface area contributed by atoms with Gasteiger partial charge in [-0.25, -0.2) is 0 Å². The summed E-state index contributed by atoms with van der Waals surface area (Å²) in [6, 6.07) is 5.07. The van der Waals surface area contributed by atoms with E-state index in [9.17, 15) is 9.59 Å². The Morgan fingerprint density at radius 2 is 2.06 bits per heavy atom. The molecule has 0 radical (unpaired) electrons. The average molecular weight is 256 g/mol. The van der Waals surface area contributed by atoms with Gasteiger partial charge in [0.2, 0.25) is 0 Å². The maximum Gasteiger partial charge on any atom is 0.325 e. The number of likely N-dealkylation sites (N-methyl/N-ethyl adjacent to an activating group) is 1. The van der Waals surface area contributed by atoms with Crippen LogP contribution < -0.4 is 0 Å². The molecular formula is C12H14ClNO3. The van der Waals surface area contributed by atoms with E-state index < -0.39 is 5.97 Å². The molecule has 0 N–H and O–H groups in total. The molecule has 0 fully saturated rings. The Hall–Kier alpha value is -1.55. The fraction of sp³-hybridized carbons (Fsp3) is 0.333. The second kappa shape index (κ2) is 5.68. The number of amides is 1. The molecule has 1 rings (SSSR count). The van der Waals surface area contributed by atoms with Crippen molar-refractivity contribution in [3.63, 3.8) is 0 Å². The molecule has 92 valence electrons. The molecule has 5 heteroatoms. The van der Waals surface area contributed by atoms with Gasteiger partial charge in [-0.1, -0.05) is 17.7 Å². The summed E-state index contributed by atoms with van der Waals surface area (Å²) in [6.07, 6.45) is 0. The summed E-state index contributed by atoms with van der Waals surface area (Å²) < 4.78 is 4.50. The molecule has 0 unspecified atom stereocenters. The maximum absolute atomic E-state index is 12.0. The van der Waals surface area contributed by atoms with Crippen LogP contribution in [0, 0.1) is 6.92 Å². The van der Waals surface area contributed by atoms with Crippen LogP contribution in [0.15, 0.2) is 18.2 Å². The lowest BCUT2D eigenvalue weighted by molar-refractivity contribution is -0.141. The van der Waals surface area contributed by atoms with Crippen molar-refractivity contribution in [2.75, 3.05) is 20.7 Å². The lowest BCUT2D eigenvalue weighted by Crippen LogP contribution is -2.33. The number of benzene rings is 1. The van der Waals surface area contributed by atoms with Crippen LogP contribution in [0.2, 0.25) is 5.02 Å². The number of esters is 1. The fourth-order valence-electron chi connectivity index (χ4n) is 1.36. The van der Waals surface area contributed by atoms with Crippen LogP contribution in [-0.4, -0.2) is 37.5 Å². The molecule has 0 atom stereocenters. The zero-order chi connectivity index (χ0) is 13.0. The molecule has 0 spiro atoms. The summed E-state index contributed by atoms with van der Waals surface area (Å²) in [6.45, 7) is 1.73. The first kappa shape index (κ1) is 13.5. The molecule has 1 aromatic rings. The van der Waals surface area contributed by atoms with Crippen LogP contribution >= 0.6 is 11.6 Å². The van der Waals surface area contributed by atoms with Crippen molar-refractivity contribution in [2.45, 2.75) is 6.92 Å². The SMILES string of the molecule is COC(=O)CN(C)C(=O)c1cc(Cl)ccc1C. The second-order valence-electron chi connectivity index (χ2n) is 3.70. The zero-order valence-corrected chi connectivity index (χ0v) is 10.7. The van der Waals surface area contributed by atoms with E-state index >= 15 is 0 Å². The predicted molar refractivity (Wildman–Crippen MR) is 65.2 cm³/mol. The number of ether oxygens (including phenoxy) is 1. The highest BCUT2D eigenvalue weighted by atomic mass is 35.5. The Bertz CT molecular complexity index is 445. The number of halogens is 1. The zero-order valence-electron chi connectivity index (χ0n) is 9.99. The van der Waals surface area contributed by atoms with E-state index in [1.807, 2.05) is 6.92 Å². The Kier molecular flexibility index (Phi) is 4.52. The van der Waals surface area contributed by atoms with Crippen molar-refractivity contribution < 1.29 is 14.3 Å². The quantitative estimate of drug-likeness (QED) is 0.775. The van der Waals surface area contributed by atoms with Crippen molar-refractivity contribution in [1.82, 2.24) is 4.90 Å². The van der Waals surface area contributed by atoms with E-state index in [1.165, 1.54) is 12.0 Å². The van der Waals surface area contributed by atoms with Gasteiger partial charge >= 0.3 is 5.97 Å². The van der Waals surface area contributed by atoms with Gasteiger partial charge < -0.3 is 9.64 Å². The van der Waals surface area contributed by atoms with Crippen LogP contribution in [0.1, 0.15) is 15.9 Å². The van der Waals surface area contributed by atoms with E-state index in [0.29, 0.717) is 10.6 Å². The van der Waals surface area contributed by atoms with Gasteiger partial charge in [-0.15, -0.1) is 0 Å². The Morgan fingerprint density at radius 1 is 1.41 bits per heavy atom. The third-order valence-electron chi connectivity index (χ3n) is 2.37. The number of hydrogen-bond donors (Lipinski definition) is 0. The number of aryl methyl sites for hydroxylation is 1. The topological polar surface area (TPSA) is 46.6 Å². The molecule has 1 aromatic carbocycles. The molecule has 0 heterocycles. The standard InChI is InChI=1S/C12H14ClNO3/c1-8-4-5-9(13)6-10(8)12(16)14(2)7-11(15)17-3/h4-6H,7H2,1-3H3. The lowest BCUT2D eigenvalue weighted by Gasteiger charge is -2.17. The number of carbonyl (C=O) groups excluding carboxylic acids is 2. The highest BCUT2D eigenvalue weighted by molar-refractivity contribution is 6.31. The van der Waals surface area contributed by atoms with Crippen LogP contribution in [0.4, 0.5) is 0 Å². The summed E-state index contributed by atoms with van der Waals surface area (Å²) in [5, 5.41) is 0.491. The predicted octanol–water partition coefficient (Wildman–Crippen LogP) is 1.89. The molecule has 0 aliphatic carbocycles. The van der Waals surface area contributed by atoms with Crippen molar-refractivity contribution in [2.24, 2.45) is 0 Å². The van der Waals surface area contributed by atoms with Crippen LogP contribution in [-0.2, 0) is 9.53 Å². The number of nitrogens with zero attached hydrogens (tertiary/aromatic N) is 1. The van der Waals surface area contributed by atoms with E-state index in [2.05, 4.69) is 4.74 Å². The van der Waals surface area contributed by atoms with Crippen molar-refractivity contribution >= 4 is 23.5 Å². The summed E-state index contributed by atoms with van der Waals surface area (Å²) in [5.74, 6) is -0.712. The minimum absolute atomic E-state index is 0.0821. The second-order valence-corrected chi connectivity index (χ2v) is 4.13. The maximum atomic E-state index is 12.0. The van der Waals surface area contributed by atoms with E-state index in [4.69, 9.17) is 11.6 Å². The first-order valence-corrected chi connectivity index (χ1v) is 5.42.